The molecular formula is C26H34N2O7. The summed E-state index contributed by atoms with van der Waals surface area (Å²) in [4.78, 5) is 15.0. The van der Waals surface area contributed by atoms with Gasteiger partial charge in [0.25, 0.3) is 5.56 Å². The van der Waals surface area contributed by atoms with Crippen LogP contribution in [0, 0.1) is 6.92 Å². The number of likely N-dealkylation sites (N-methyl/N-ethyl adjacent to an activating group) is 1. The van der Waals surface area contributed by atoms with Crippen molar-refractivity contribution in [2.45, 2.75) is 44.5 Å². The standard InChI is InChI=1S/C26H34N2O7/c1-16-14-18(6-7-22(16)35-26(34)24(32)23(31)21(30)9-13-29)19-5-4-17-8-10-28(12-11-27(2)3)25(33)20(17)15-19/h4-8,10,14-15,21,23-24,26,29-32,34H,9,11-13H2,1-3H3. The van der Waals surface area contributed by atoms with Crippen LogP contribution in [0.15, 0.2) is 53.5 Å². The third-order valence-electron chi connectivity index (χ3n) is 5.98. The average molecular weight is 487 g/mol. The third-order valence-corrected chi connectivity index (χ3v) is 5.98. The normalized spacial score (nSPS) is 15.2. The van der Waals surface area contributed by atoms with Crippen LogP contribution in [0.2, 0.25) is 0 Å². The fourth-order valence-corrected chi connectivity index (χ4v) is 3.80. The Bertz CT molecular complexity index is 1190. The molecule has 9 heteroatoms. The maximum Gasteiger partial charge on any atom is 0.258 e. The number of aromatic nitrogens is 1. The van der Waals surface area contributed by atoms with Gasteiger partial charge in [-0.3, -0.25) is 4.79 Å². The SMILES string of the molecule is Cc1cc(-c2ccc3ccn(CCN(C)C)c(=O)c3c2)ccc1OC(O)C(O)C(O)C(O)CCO. The van der Waals surface area contributed by atoms with Gasteiger partial charge in [0.05, 0.1) is 6.10 Å². The topological polar surface area (TPSA) is 136 Å². The van der Waals surface area contributed by atoms with E-state index in [1.165, 1.54) is 0 Å². The molecule has 1 heterocycles. The number of fused-ring (bicyclic) bond motifs is 1. The number of nitrogens with zero attached hydrogens (tertiary/aromatic N) is 2. The highest BCUT2D eigenvalue weighted by molar-refractivity contribution is 5.86. The van der Waals surface area contributed by atoms with Gasteiger partial charge in [-0.15, -0.1) is 0 Å². The molecule has 0 amide bonds. The molecule has 3 rings (SSSR count). The summed E-state index contributed by atoms with van der Waals surface area (Å²) in [5.41, 5.74) is 2.30. The smallest absolute Gasteiger partial charge is 0.258 e. The first kappa shape index (κ1) is 26.8. The van der Waals surface area contributed by atoms with E-state index in [0.717, 1.165) is 23.1 Å². The lowest BCUT2D eigenvalue weighted by Crippen LogP contribution is -2.47. The summed E-state index contributed by atoms with van der Waals surface area (Å²) in [6.45, 7) is 2.74. The lowest BCUT2D eigenvalue weighted by atomic mass is 10.00. The third kappa shape index (κ3) is 6.46. The minimum atomic E-state index is -1.79. The maximum atomic E-state index is 13.0. The van der Waals surface area contributed by atoms with Crippen molar-refractivity contribution in [3.8, 4) is 16.9 Å². The zero-order valence-corrected chi connectivity index (χ0v) is 20.2. The van der Waals surface area contributed by atoms with Gasteiger partial charge in [-0.1, -0.05) is 18.2 Å². The first-order valence-corrected chi connectivity index (χ1v) is 11.5. The molecule has 190 valence electrons. The number of hydrogen-bond acceptors (Lipinski definition) is 8. The van der Waals surface area contributed by atoms with Gasteiger partial charge < -0.3 is 39.7 Å². The Morgan fingerprint density at radius 2 is 1.66 bits per heavy atom. The van der Waals surface area contributed by atoms with Crippen LogP contribution in [0.4, 0.5) is 0 Å². The van der Waals surface area contributed by atoms with Crippen LogP contribution in [0.25, 0.3) is 21.9 Å². The molecule has 35 heavy (non-hydrogen) atoms. The van der Waals surface area contributed by atoms with Crippen LogP contribution in [0.5, 0.6) is 5.75 Å². The quantitative estimate of drug-likeness (QED) is 0.250. The van der Waals surface area contributed by atoms with Gasteiger partial charge in [-0.2, -0.15) is 0 Å². The molecule has 0 aliphatic carbocycles. The van der Waals surface area contributed by atoms with Crippen molar-refractivity contribution >= 4 is 10.8 Å². The molecule has 0 saturated heterocycles. The monoisotopic (exact) mass is 486 g/mol. The van der Waals surface area contributed by atoms with Crippen LogP contribution in [0.3, 0.4) is 0 Å². The Balaban J connectivity index is 1.81. The van der Waals surface area contributed by atoms with Crippen LogP contribution in [-0.4, -0.2) is 86.8 Å². The van der Waals surface area contributed by atoms with Crippen LogP contribution >= 0.6 is 0 Å². The second-order valence-corrected chi connectivity index (χ2v) is 8.97. The van der Waals surface area contributed by atoms with E-state index >= 15 is 0 Å². The number of benzene rings is 2. The largest absolute Gasteiger partial charge is 0.462 e. The molecule has 0 bridgehead atoms. The molecule has 0 aliphatic heterocycles. The molecule has 5 N–H and O–H groups in total. The van der Waals surface area contributed by atoms with Crippen molar-refractivity contribution in [1.82, 2.24) is 9.47 Å². The van der Waals surface area contributed by atoms with Crippen molar-refractivity contribution in [3.63, 3.8) is 0 Å². The van der Waals surface area contributed by atoms with Crippen molar-refractivity contribution in [2.75, 3.05) is 27.2 Å². The number of aliphatic hydroxyl groups is 5. The Hall–Kier alpha value is -2.79. The fraction of sp³-hybridized carbons (Fsp3) is 0.423. The predicted octanol–water partition coefficient (Wildman–Crippen LogP) is 0.701. The van der Waals surface area contributed by atoms with Crippen molar-refractivity contribution < 1.29 is 30.3 Å². The van der Waals surface area contributed by atoms with E-state index in [1.807, 2.05) is 55.5 Å². The highest BCUT2D eigenvalue weighted by Crippen LogP contribution is 2.29. The van der Waals surface area contributed by atoms with Gasteiger partial charge in [0.2, 0.25) is 6.29 Å². The summed E-state index contributed by atoms with van der Waals surface area (Å²) < 4.78 is 7.11. The molecule has 0 spiro atoms. The molecule has 0 saturated carbocycles. The highest BCUT2D eigenvalue weighted by atomic mass is 16.6. The van der Waals surface area contributed by atoms with Crippen molar-refractivity contribution in [1.29, 1.82) is 0 Å². The summed E-state index contributed by atoms with van der Waals surface area (Å²) in [7, 11) is 3.92. The first-order chi connectivity index (χ1) is 16.6. The summed E-state index contributed by atoms with van der Waals surface area (Å²) >= 11 is 0. The van der Waals surface area contributed by atoms with Crippen LogP contribution in [0.1, 0.15) is 12.0 Å². The number of ether oxygens (including phenoxy) is 1. The summed E-state index contributed by atoms with van der Waals surface area (Å²) in [6, 6.07) is 12.8. The van der Waals surface area contributed by atoms with Gasteiger partial charge >= 0.3 is 0 Å². The van der Waals surface area contributed by atoms with Gasteiger partial charge in [-0.05, 0) is 73.8 Å². The fourth-order valence-electron chi connectivity index (χ4n) is 3.80. The van der Waals surface area contributed by atoms with Crippen LogP contribution < -0.4 is 10.3 Å². The molecule has 0 radical (unpaired) electrons. The van der Waals surface area contributed by atoms with E-state index in [-0.39, 0.29) is 24.3 Å². The highest BCUT2D eigenvalue weighted by Gasteiger charge is 2.31. The summed E-state index contributed by atoms with van der Waals surface area (Å²) in [5, 5.41) is 50.3. The van der Waals surface area contributed by atoms with Gasteiger partial charge in [0.1, 0.15) is 18.0 Å². The molecule has 4 atom stereocenters. The molecule has 1 aromatic heterocycles. The zero-order chi connectivity index (χ0) is 25.7. The van der Waals surface area contributed by atoms with E-state index < -0.39 is 24.6 Å². The van der Waals surface area contributed by atoms with E-state index in [1.54, 1.807) is 23.6 Å². The molecule has 2 aromatic carbocycles. The second kappa shape index (κ2) is 11.8. The molecule has 4 unspecified atom stereocenters. The Morgan fingerprint density at radius 1 is 0.971 bits per heavy atom. The molecule has 9 nitrogen and oxygen atoms in total. The summed E-state index contributed by atoms with van der Waals surface area (Å²) in [5.74, 6) is 0.288. The number of rotatable bonds is 11. The van der Waals surface area contributed by atoms with Gasteiger partial charge in [-0.25, -0.2) is 0 Å². The Labute approximate surface area is 204 Å². The van der Waals surface area contributed by atoms with E-state index in [4.69, 9.17) is 9.84 Å². The lowest BCUT2D eigenvalue weighted by Gasteiger charge is -2.27. The number of aliphatic hydroxyl groups excluding tert-OH is 5. The maximum absolute atomic E-state index is 13.0. The molecule has 0 fully saturated rings. The van der Waals surface area contributed by atoms with Gasteiger partial charge in [0.15, 0.2) is 0 Å². The van der Waals surface area contributed by atoms with E-state index in [0.29, 0.717) is 17.5 Å². The molecule has 3 aromatic rings. The molecule has 0 aliphatic rings. The second-order valence-electron chi connectivity index (χ2n) is 8.97. The zero-order valence-electron chi connectivity index (χ0n) is 20.2. The van der Waals surface area contributed by atoms with Crippen molar-refractivity contribution in [2.24, 2.45) is 0 Å². The predicted molar refractivity (Wildman–Crippen MR) is 133 cm³/mol. The van der Waals surface area contributed by atoms with E-state index in [9.17, 15) is 25.2 Å². The minimum Gasteiger partial charge on any atom is -0.462 e. The average Bonchev–Trinajstić information content (AvgIpc) is 2.83. The van der Waals surface area contributed by atoms with Gasteiger partial charge in [0, 0.05) is 31.3 Å². The minimum absolute atomic E-state index is 0.0538. The lowest BCUT2D eigenvalue weighted by molar-refractivity contribution is -0.166. The van der Waals surface area contributed by atoms with Crippen LogP contribution in [-0.2, 0) is 6.54 Å². The van der Waals surface area contributed by atoms with Crippen molar-refractivity contribution in [3.05, 3.63) is 64.6 Å². The van der Waals surface area contributed by atoms with E-state index in [2.05, 4.69) is 0 Å². The summed E-state index contributed by atoms with van der Waals surface area (Å²) in [6.07, 6.45) is -4.99. The Morgan fingerprint density at radius 3 is 2.31 bits per heavy atom. The Kier molecular flexibility index (Phi) is 9.01. The molecular weight excluding hydrogens is 452 g/mol. The number of pyridine rings is 1. The number of aryl methyl sites for hydroxylation is 1. The number of hydrogen-bond donors (Lipinski definition) is 5. The first-order valence-electron chi connectivity index (χ1n) is 11.5.